The molecule has 0 radical (unpaired) electrons. The van der Waals surface area contributed by atoms with Gasteiger partial charge in [0.25, 0.3) is 0 Å². The van der Waals surface area contributed by atoms with Gasteiger partial charge in [0.2, 0.25) is 5.76 Å². The quantitative estimate of drug-likeness (QED) is 0.800. The molecule has 0 saturated heterocycles. The summed E-state index contributed by atoms with van der Waals surface area (Å²) in [6.07, 6.45) is 0. The Hall–Kier alpha value is -1.98. The molecule has 0 spiro atoms. The zero-order valence-electron chi connectivity index (χ0n) is 10.9. The van der Waals surface area contributed by atoms with Gasteiger partial charge in [0, 0.05) is 5.02 Å². The largest absolute Gasteiger partial charge is 0.463 e. The molecule has 0 aliphatic heterocycles. The Bertz CT molecular complexity index is 678. The van der Waals surface area contributed by atoms with E-state index in [1.54, 1.807) is 6.07 Å². The number of carbonyl (C=O) groups is 2. The fourth-order valence-corrected chi connectivity index (χ4v) is 1.90. The van der Waals surface area contributed by atoms with Crippen LogP contribution >= 0.6 is 23.2 Å². The van der Waals surface area contributed by atoms with Gasteiger partial charge in [-0.2, -0.15) is 0 Å². The number of benzene rings is 1. The first-order valence-electron chi connectivity index (χ1n) is 5.80. The van der Waals surface area contributed by atoms with Gasteiger partial charge in [-0.25, -0.2) is 9.59 Å². The van der Waals surface area contributed by atoms with Gasteiger partial charge in [-0.3, -0.25) is 0 Å². The van der Waals surface area contributed by atoms with E-state index in [0.717, 1.165) is 0 Å². The molecule has 5 nitrogen and oxygen atoms in total. The van der Waals surface area contributed by atoms with E-state index in [4.69, 9.17) is 32.4 Å². The van der Waals surface area contributed by atoms with Gasteiger partial charge in [-0.05, 0) is 30.3 Å². The molecule has 21 heavy (non-hydrogen) atoms. The lowest BCUT2D eigenvalue weighted by Gasteiger charge is -2.05. The maximum atomic E-state index is 11.9. The van der Waals surface area contributed by atoms with Gasteiger partial charge in [-0.1, -0.05) is 23.2 Å². The molecule has 0 aliphatic carbocycles. The molecule has 0 fully saturated rings. The number of methoxy groups -OCH3 is 1. The van der Waals surface area contributed by atoms with Crippen LogP contribution in [0.2, 0.25) is 10.0 Å². The second-order valence-electron chi connectivity index (χ2n) is 3.96. The van der Waals surface area contributed by atoms with Gasteiger partial charge in [0.05, 0.1) is 17.7 Å². The van der Waals surface area contributed by atoms with Gasteiger partial charge in [-0.15, -0.1) is 0 Å². The monoisotopic (exact) mass is 328 g/mol. The Morgan fingerprint density at radius 3 is 2.62 bits per heavy atom. The van der Waals surface area contributed by atoms with Crippen molar-refractivity contribution in [3.8, 4) is 0 Å². The van der Waals surface area contributed by atoms with Crippen molar-refractivity contribution in [2.45, 2.75) is 6.61 Å². The Morgan fingerprint density at radius 2 is 1.90 bits per heavy atom. The molecular formula is C14H10Cl2O5. The number of rotatable bonds is 4. The molecule has 2 rings (SSSR count). The highest BCUT2D eigenvalue weighted by Crippen LogP contribution is 2.22. The van der Waals surface area contributed by atoms with Crippen LogP contribution in [0, 0.1) is 0 Å². The van der Waals surface area contributed by atoms with Crippen molar-refractivity contribution in [2.75, 3.05) is 7.11 Å². The average molecular weight is 329 g/mol. The Kier molecular flexibility index (Phi) is 4.88. The van der Waals surface area contributed by atoms with E-state index in [-0.39, 0.29) is 23.0 Å². The van der Waals surface area contributed by atoms with Gasteiger partial charge >= 0.3 is 11.9 Å². The summed E-state index contributed by atoms with van der Waals surface area (Å²) in [6.45, 7) is -0.140. The second kappa shape index (κ2) is 6.65. The third-order valence-corrected chi connectivity index (χ3v) is 3.11. The van der Waals surface area contributed by atoms with Crippen LogP contribution in [0.3, 0.4) is 0 Å². The fraction of sp³-hybridized carbons (Fsp3) is 0.143. The molecule has 2 aromatic rings. The molecule has 0 bridgehead atoms. The molecule has 0 saturated carbocycles. The van der Waals surface area contributed by atoms with Crippen LogP contribution in [-0.2, 0) is 16.1 Å². The Balaban J connectivity index is 2.02. The molecular weight excluding hydrogens is 319 g/mol. The number of furan rings is 1. The summed E-state index contributed by atoms with van der Waals surface area (Å²) < 4.78 is 14.7. The predicted molar refractivity (Wildman–Crippen MR) is 75.6 cm³/mol. The lowest BCUT2D eigenvalue weighted by atomic mass is 10.2. The smallest absolute Gasteiger partial charge is 0.373 e. The SMILES string of the molecule is COC(=O)c1ccc(COC(=O)c2cc(Cl)ccc2Cl)o1. The van der Waals surface area contributed by atoms with Crippen molar-refractivity contribution in [1.29, 1.82) is 0 Å². The molecule has 0 N–H and O–H groups in total. The number of ether oxygens (including phenoxy) is 2. The van der Waals surface area contributed by atoms with Crippen molar-refractivity contribution >= 4 is 35.1 Å². The Morgan fingerprint density at radius 1 is 1.14 bits per heavy atom. The maximum Gasteiger partial charge on any atom is 0.373 e. The summed E-state index contributed by atoms with van der Waals surface area (Å²) in [4.78, 5) is 23.1. The van der Waals surface area contributed by atoms with E-state index < -0.39 is 11.9 Å². The lowest BCUT2D eigenvalue weighted by Crippen LogP contribution is -2.05. The number of halogens is 2. The molecule has 110 valence electrons. The summed E-state index contributed by atoms with van der Waals surface area (Å²) in [5.74, 6) is -0.907. The summed E-state index contributed by atoms with van der Waals surface area (Å²) in [6, 6.07) is 7.42. The molecule has 7 heteroatoms. The van der Waals surface area contributed by atoms with Crippen LogP contribution in [-0.4, -0.2) is 19.0 Å². The van der Waals surface area contributed by atoms with E-state index in [1.165, 1.54) is 31.4 Å². The highest BCUT2D eigenvalue weighted by Gasteiger charge is 2.15. The highest BCUT2D eigenvalue weighted by molar-refractivity contribution is 6.35. The number of hydrogen-bond donors (Lipinski definition) is 0. The highest BCUT2D eigenvalue weighted by atomic mass is 35.5. The molecule has 1 aromatic carbocycles. The zero-order chi connectivity index (χ0) is 15.4. The van der Waals surface area contributed by atoms with Gasteiger partial charge < -0.3 is 13.9 Å². The molecule has 0 unspecified atom stereocenters. The summed E-state index contributed by atoms with van der Waals surface area (Å²) in [5.41, 5.74) is 0.156. The topological polar surface area (TPSA) is 65.7 Å². The van der Waals surface area contributed by atoms with Crippen molar-refractivity contribution < 1.29 is 23.5 Å². The minimum Gasteiger partial charge on any atom is -0.463 e. The Labute approximate surface area is 130 Å². The van der Waals surface area contributed by atoms with Crippen LogP contribution in [0.15, 0.2) is 34.7 Å². The van der Waals surface area contributed by atoms with Gasteiger partial charge in [0.15, 0.2) is 0 Å². The van der Waals surface area contributed by atoms with E-state index in [9.17, 15) is 9.59 Å². The third-order valence-electron chi connectivity index (χ3n) is 2.54. The zero-order valence-corrected chi connectivity index (χ0v) is 12.4. The fourth-order valence-electron chi connectivity index (χ4n) is 1.53. The minimum atomic E-state index is -0.640. The van der Waals surface area contributed by atoms with Crippen molar-refractivity contribution in [3.05, 3.63) is 57.5 Å². The number of carbonyl (C=O) groups excluding carboxylic acids is 2. The van der Waals surface area contributed by atoms with Gasteiger partial charge in [0.1, 0.15) is 12.4 Å². The predicted octanol–water partition coefficient (Wildman–Crippen LogP) is 3.73. The standard InChI is InChI=1S/C14H10Cl2O5/c1-19-14(18)12-5-3-9(21-12)7-20-13(17)10-6-8(15)2-4-11(10)16/h2-6H,7H2,1H3. The van der Waals surface area contributed by atoms with E-state index in [0.29, 0.717) is 10.8 Å². The molecule has 1 heterocycles. The first kappa shape index (κ1) is 15.4. The minimum absolute atomic E-state index is 0.0318. The number of hydrogen-bond acceptors (Lipinski definition) is 5. The van der Waals surface area contributed by atoms with Crippen molar-refractivity contribution in [1.82, 2.24) is 0 Å². The first-order valence-corrected chi connectivity index (χ1v) is 6.56. The van der Waals surface area contributed by atoms with Crippen LogP contribution in [0.1, 0.15) is 26.7 Å². The van der Waals surface area contributed by atoms with Crippen LogP contribution < -0.4 is 0 Å². The summed E-state index contributed by atoms with van der Waals surface area (Å²) in [5, 5.41) is 0.608. The molecule has 0 aliphatic rings. The first-order chi connectivity index (χ1) is 10.0. The van der Waals surface area contributed by atoms with Crippen molar-refractivity contribution in [2.24, 2.45) is 0 Å². The number of esters is 2. The van der Waals surface area contributed by atoms with Crippen LogP contribution in [0.5, 0.6) is 0 Å². The van der Waals surface area contributed by atoms with Crippen molar-refractivity contribution in [3.63, 3.8) is 0 Å². The normalized spacial score (nSPS) is 10.2. The summed E-state index contributed by atoms with van der Waals surface area (Å²) >= 11 is 11.7. The molecule has 0 atom stereocenters. The van der Waals surface area contributed by atoms with E-state index in [1.807, 2.05) is 0 Å². The van der Waals surface area contributed by atoms with Crippen LogP contribution in [0.25, 0.3) is 0 Å². The second-order valence-corrected chi connectivity index (χ2v) is 4.80. The third kappa shape index (κ3) is 3.77. The lowest BCUT2D eigenvalue weighted by molar-refractivity contribution is 0.0438. The van der Waals surface area contributed by atoms with E-state index >= 15 is 0 Å². The van der Waals surface area contributed by atoms with Crippen LogP contribution in [0.4, 0.5) is 0 Å². The molecule has 0 amide bonds. The molecule has 1 aromatic heterocycles. The maximum absolute atomic E-state index is 11.9. The summed E-state index contributed by atoms with van der Waals surface area (Å²) in [7, 11) is 1.24. The average Bonchev–Trinajstić information content (AvgIpc) is 2.95. The van der Waals surface area contributed by atoms with E-state index in [2.05, 4.69) is 4.74 Å².